The van der Waals surface area contributed by atoms with Crippen LogP contribution in [0.4, 0.5) is 0 Å². The van der Waals surface area contributed by atoms with Crippen LogP contribution < -0.4 is 0 Å². The molecule has 0 aromatic carbocycles. The lowest BCUT2D eigenvalue weighted by atomic mass is 10.0. The first-order valence-electron chi connectivity index (χ1n) is 30.1. The first kappa shape index (κ1) is 67.6. The van der Waals surface area contributed by atoms with Gasteiger partial charge in [0.25, 0.3) is 0 Å². The Hall–Kier alpha value is -3.41. The van der Waals surface area contributed by atoms with E-state index in [1.165, 1.54) is 173 Å². The molecule has 0 N–H and O–H groups in total. The summed E-state index contributed by atoms with van der Waals surface area (Å²) < 4.78 is 16.8. The van der Waals surface area contributed by atoms with Crippen LogP contribution in [-0.4, -0.2) is 37.2 Å². The molecule has 1 atom stereocenters. The molecule has 0 fully saturated rings. The van der Waals surface area contributed by atoms with E-state index in [0.717, 1.165) is 70.6 Å². The van der Waals surface area contributed by atoms with Gasteiger partial charge in [-0.15, -0.1) is 0 Å². The molecule has 0 aliphatic heterocycles. The van der Waals surface area contributed by atoms with Crippen molar-refractivity contribution in [1.82, 2.24) is 0 Å². The number of carbonyl (C=O) groups is 3. The number of allylic oxidation sites excluding steroid dienone is 14. The topological polar surface area (TPSA) is 78.9 Å². The van der Waals surface area contributed by atoms with Crippen LogP contribution in [0.2, 0.25) is 0 Å². The first-order valence-corrected chi connectivity index (χ1v) is 30.1. The summed E-state index contributed by atoms with van der Waals surface area (Å²) in [6.07, 6.45) is 77.3. The van der Waals surface area contributed by atoms with Gasteiger partial charge in [0.1, 0.15) is 13.2 Å². The van der Waals surface area contributed by atoms with Crippen molar-refractivity contribution >= 4 is 17.9 Å². The fourth-order valence-corrected chi connectivity index (χ4v) is 8.28. The normalized spacial score (nSPS) is 12.7. The summed E-state index contributed by atoms with van der Waals surface area (Å²) >= 11 is 0. The van der Waals surface area contributed by atoms with Crippen molar-refractivity contribution in [2.75, 3.05) is 13.2 Å². The maximum absolute atomic E-state index is 12.9. The third-order valence-electron chi connectivity index (χ3n) is 12.8. The van der Waals surface area contributed by atoms with E-state index in [1.54, 1.807) is 0 Å². The summed E-state index contributed by atoms with van der Waals surface area (Å²) in [6.45, 7) is 6.54. The molecule has 0 aliphatic rings. The van der Waals surface area contributed by atoms with E-state index in [0.29, 0.717) is 19.3 Å². The van der Waals surface area contributed by atoms with Crippen LogP contribution in [0.15, 0.2) is 85.1 Å². The fourth-order valence-electron chi connectivity index (χ4n) is 8.28. The van der Waals surface area contributed by atoms with E-state index in [9.17, 15) is 14.4 Å². The predicted molar refractivity (Wildman–Crippen MR) is 307 cm³/mol. The van der Waals surface area contributed by atoms with Gasteiger partial charge in [0, 0.05) is 19.3 Å². The van der Waals surface area contributed by atoms with Crippen molar-refractivity contribution in [2.24, 2.45) is 0 Å². The average molecular weight is 990 g/mol. The quantitative estimate of drug-likeness (QED) is 0.0261. The minimum absolute atomic E-state index is 0.112. The number of hydrogen-bond donors (Lipinski definition) is 0. The minimum Gasteiger partial charge on any atom is -0.462 e. The molecule has 0 aliphatic carbocycles. The van der Waals surface area contributed by atoms with Crippen LogP contribution in [0.1, 0.15) is 290 Å². The molecule has 408 valence electrons. The molecular formula is C65H112O6. The van der Waals surface area contributed by atoms with Gasteiger partial charge in [0.2, 0.25) is 0 Å². The molecule has 0 aromatic heterocycles. The molecule has 0 saturated heterocycles. The molecule has 0 saturated carbocycles. The van der Waals surface area contributed by atoms with E-state index < -0.39 is 6.10 Å². The highest BCUT2D eigenvalue weighted by Gasteiger charge is 2.19. The van der Waals surface area contributed by atoms with Crippen molar-refractivity contribution in [3.05, 3.63) is 85.1 Å². The highest BCUT2D eigenvalue weighted by Crippen LogP contribution is 2.15. The second-order valence-electron chi connectivity index (χ2n) is 19.9. The Morgan fingerprint density at radius 1 is 0.282 bits per heavy atom. The standard InChI is InChI=1S/C65H112O6/c1-4-7-10-13-16-19-22-25-28-30-31-32-33-35-38-41-44-47-50-53-56-59-65(68)71-62(60-69-63(66)57-54-51-48-45-42-39-36-27-24-21-18-15-12-9-6-3)61-70-64(67)58-55-52-49-46-43-40-37-34-29-26-23-20-17-14-11-8-5-2/h18,21,25-29,36-37,40,42,45-46,49,62H,4-17,19-20,22-24,30-35,38-39,41,43-44,47-48,50-61H2,1-3H3/b21-18-,28-25-,29-26-,36-27-,40-37-,45-42-,49-46-/t62-/m1/s1. The lowest BCUT2D eigenvalue weighted by Gasteiger charge is -2.18. The number of ether oxygens (including phenoxy) is 3. The zero-order valence-electron chi connectivity index (χ0n) is 46.7. The van der Waals surface area contributed by atoms with Crippen molar-refractivity contribution in [1.29, 1.82) is 0 Å². The third kappa shape index (κ3) is 57.4. The highest BCUT2D eigenvalue weighted by molar-refractivity contribution is 5.71. The Labute approximate surface area is 439 Å². The zero-order chi connectivity index (χ0) is 51.4. The summed E-state index contributed by atoms with van der Waals surface area (Å²) in [5.74, 6) is -0.993. The average Bonchev–Trinajstić information content (AvgIpc) is 3.37. The Kier molecular flexibility index (Phi) is 56.3. The van der Waals surface area contributed by atoms with Crippen LogP contribution in [0, 0.1) is 0 Å². The van der Waals surface area contributed by atoms with Crippen LogP contribution in [0.5, 0.6) is 0 Å². The summed E-state index contributed by atoms with van der Waals surface area (Å²) in [5.41, 5.74) is 0. The second-order valence-corrected chi connectivity index (χ2v) is 19.9. The molecular weight excluding hydrogens is 877 g/mol. The van der Waals surface area contributed by atoms with E-state index in [4.69, 9.17) is 14.2 Å². The van der Waals surface area contributed by atoms with Gasteiger partial charge in [-0.1, -0.05) is 241 Å². The number of unbranched alkanes of at least 4 members (excludes halogenated alkanes) is 29. The largest absolute Gasteiger partial charge is 0.462 e. The Morgan fingerprint density at radius 3 is 0.915 bits per heavy atom. The van der Waals surface area contributed by atoms with E-state index >= 15 is 0 Å². The van der Waals surface area contributed by atoms with Crippen molar-refractivity contribution in [3.8, 4) is 0 Å². The van der Waals surface area contributed by atoms with Crippen LogP contribution in [0.25, 0.3) is 0 Å². The molecule has 0 aromatic rings. The van der Waals surface area contributed by atoms with E-state index in [-0.39, 0.29) is 37.5 Å². The van der Waals surface area contributed by atoms with E-state index in [2.05, 4.69) is 106 Å². The summed E-state index contributed by atoms with van der Waals surface area (Å²) in [4.78, 5) is 38.2. The smallest absolute Gasteiger partial charge is 0.306 e. The van der Waals surface area contributed by atoms with Crippen LogP contribution in [-0.2, 0) is 28.6 Å². The van der Waals surface area contributed by atoms with Gasteiger partial charge in [-0.25, -0.2) is 0 Å². The molecule has 0 amide bonds. The van der Waals surface area contributed by atoms with Gasteiger partial charge < -0.3 is 14.2 Å². The van der Waals surface area contributed by atoms with Gasteiger partial charge in [-0.05, 0) is 116 Å². The Morgan fingerprint density at radius 2 is 0.521 bits per heavy atom. The molecule has 0 heterocycles. The third-order valence-corrected chi connectivity index (χ3v) is 12.8. The first-order chi connectivity index (χ1) is 35.0. The second kappa shape index (κ2) is 59.2. The maximum Gasteiger partial charge on any atom is 0.306 e. The summed E-state index contributed by atoms with van der Waals surface area (Å²) in [5, 5.41) is 0. The molecule has 0 rings (SSSR count). The van der Waals surface area contributed by atoms with Gasteiger partial charge in [0.15, 0.2) is 6.10 Å². The number of carbonyl (C=O) groups excluding carboxylic acids is 3. The molecule has 0 spiro atoms. The molecule has 71 heavy (non-hydrogen) atoms. The molecule has 6 nitrogen and oxygen atoms in total. The monoisotopic (exact) mass is 989 g/mol. The molecule has 0 bridgehead atoms. The summed E-state index contributed by atoms with van der Waals surface area (Å²) in [6, 6.07) is 0. The van der Waals surface area contributed by atoms with Crippen molar-refractivity contribution in [2.45, 2.75) is 297 Å². The van der Waals surface area contributed by atoms with Gasteiger partial charge in [-0.2, -0.15) is 0 Å². The number of esters is 3. The molecule has 0 unspecified atom stereocenters. The lowest BCUT2D eigenvalue weighted by Crippen LogP contribution is -2.30. The lowest BCUT2D eigenvalue weighted by molar-refractivity contribution is -0.167. The SMILES string of the molecule is CCCCC/C=C\C/C=C\C/C=C\CCCCC(=O)OC[C@H](COC(=O)CCC/C=C\C/C=C\C/C=C\CCCCCCCC)OC(=O)CCCCCCCCCCCCC/C=C\CCCCCCCC. The van der Waals surface area contributed by atoms with Crippen LogP contribution >= 0.6 is 0 Å². The molecule has 0 radical (unpaired) electrons. The van der Waals surface area contributed by atoms with Gasteiger partial charge in [0.05, 0.1) is 0 Å². The fraction of sp³-hybridized carbons (Fsp3) is 0.738. The number of rotatable bonds is 54. The zero-order valence-corrected chi connectivity index (χ0v) is 46.7. The van der Waals surface area contributed by atoms with Crippen molar-refractivity contribution < 1.29 is 28.6 Å². The Balaban J connectivity index is 4.47. The van der Waals surface area contributed by atoms with Gasteiger partial charge in [-0.3, -0.25) is 14.4 Å². The van der Waals surface area contributed by atoms with Crippen molar-refractivity contribution in [3.63, 3.8) is 0 Å². The minimum atomic E-state index is -0.814. The van der Waals surface area contributed by atoms with Crippen LogP contribution in [0.3, 0.4) is 0 Å². The Bertz CT molecular complexity index is 1370. The maximum atomic E-state index is 12.9. The van der Waals surface area contributed by atoms with E-state index in [1.807, 2.05) is 0 Å². The predicted octanol–water partition coefficient (Wildman–Crippen LogP) is 20.3. The van der Waals surface area contributed by atoms with Gasteiger partial charge >= 0.3 is 17.9 Å². The number of hydrogen-bond acceptors (Lipinski definition) is 6. The highest BCUT2D eigenvalue weighted by atomic mass is 16.6. The summed E-state index contributed by atoms with van der Waals surface area (Å²) in [7, 11) is 0. The molecule has 6 heteroatoms.